The standard InChI is InChI=1S/C37H25N5O2/c43-42(44)33-22-32-26-16-17-27(38-26)34(23-10-4-1-5-11-23)28-18-19-29(39-28)35(24-12-6-2-7-13-24)30-20-21-31(40-30)36(37(33)41-32)25-14-8-3-9-15-25/h1-22,39-41H. The molecule has 3 aromatic carbocycles. The summed E-state index contributed by atoms with van der Waals surface area (Å²) in [5.41, 5.74) is 11.4. The molecular formula is C37H25N5O2. The van der Waals surface area contributed by atoms with E-state index in [0.29, 0.717) is 22.3 Å². The normalized spacial score (nSPS) is 11.7. The van der Waals surface area contributed by atoms with Gasteiger partial charge in [0, 0.05) is 44.8 Å². The van der Waals surface area contributed by atoms with E-state index in [1.165, 1.54) is 0 Å². The molecule has 0 unspecified atom stereocenters. The molecule has 44 heavy (non-hydrogen) atoms. The zero-order valence-electron chi connectivity index (χ0n) is 23.4. The Morgan fingerprint density at radius 1 is 0.500 bits per heavy atom. The van der Waals surface area contributed by atoms with Gasteiger partial charge in [-0.25, -0.2) is 4.98 Å². The molecule has 7 heteroatoms. The van der Waals surface area contributed by atoms with Crippen LogP contribution in [0.4, 0.5) is 5.69 Å². The van der Waals surface area contributed by atoms with Crippen LogP contribution in [0.1, 0.15) is 11.4 Å². The Kier molecular flexibility index (Phi) is 5.94. The molecule has 8 bridgehead atoms. The molecule has 0 saturated heterocycles. The van der Waals surface area contributed by atoms with Gasteiger partial charge in [0.25, 0.3) is 5.69 Å². The summed E-state index contributed by atoms with van der Waals surface area (Å²) in [5, 5.41) is 12.5. The van der Waals surface area contributed by atoms with Crippen LogP contribution < -0.4 is 0 Å². The summed E-state index contributed by atoms with van der Waals surface area (Å²) >= 11 is 0. The quantitative estimate of drug-likeness (QED) is 0.145. The molecule has 5 heterocycles. The third kappa shape index (κ3) is 4.26. The first-order chi connectivity index (χ1) is 21.6. The highest BCUT2D eigenvalue weighted by Gasteiger charge is 2.21. The predicted molar refractivity (Wildman–Crippen MR) is 178 cm³/mol. The van der Waals surface area contributed by atoms with Gasteiger partial charge in [0.1, 0.15) is 5.52 Å². The monoisotopic (exact) mass is 571 g/mol. The van der Waals surface area contributed by atoms with Crippen molar-refractivity contribution in [2.75, 3.05) is 0 Å². The molecule has 7 nitrogen and oxygen atoms in total. The summed E-state index contributed by atoms with van der Waals surface area (Å²) < 4.78 is 0. The Labute approximate surface area is 251 Å². The molecule has 0 spiro atoms. The second-order valence-corrected chi connectivity index (χ2v) is 10.7. The van der Waals surface area contributed by atoms with Gasteiger partial charge in [0.2, 0.25) is 0 Å². The van der Waals surface area contributed by atoms with Crippen LogP contribution in [-0.4, -0.2) is 24.9 Å². The van der Waals surface area contributed by atoms with Gasteiger partial charge in [0.15, 0.2) is 0 Å². The van der Waals surface area contributed by atoms with Gasteiger partial charge >= 0.3 is 0 Å². The number of benzene rings is 3. The Balaban J connectivity index is 1.61. The lowest BCUT2D eigenvalue weighted by atomic mass is 10.0. The van der Waals surface area contributed by atoms with Gasteiger partial charge in [0.05, 0.1) is 21.8 Å². The SMILES string of the molecule is O=[N+]([O-])c1cc2[nH]c1c(-c1ccccc1)c1ccc([nH]1)c(-c1ccccc1)c1ccc([nH]1)c(-c1ccccc1)c1nc2C=C1. The van der Waals surface area contributed by atoms with E-state index in [-0.39, 0.29) is 10.6 Å². The molecule has 0 aliphatic carbocycles. The molecule has 1 aliphatic heterocycles. The van der Waals surface area contributed by atoms with Crippen LogP contribution >= 0.6 is 0 Å². The minimum absolute atomic E-state index is 0.0154. The maximum Gasteiger partial charge on any atom is 0.295 e. The topological polar surface area (TPSA) is 103 Å². The summed E-state index contributed by atoms with van der Waals surface area (Å²) in [5.74, 6) is 0. The van der Waals surface area contributed by atoms with Crippen molar-refractivity contribution >= 4 is 50.9 Å². The van der Waals surface area contributed by atoms with Crippen LogP contribution in [0, 0.1) is 10.1 Å². The fourth-order valence-electron chi connectivity index (χ4n) is 6.09. The van der Waals surface area contributed by atoms with Crippen molar-refractivity contribution in [1.82, 2.24) is 19.9 Å². The van der Waals surface area contributed by atoms with Crippen LogP contribution in [0.2, 0.25) is 0 Å². The number of nitrogens with one attached hydrogen (secondary N) is 3. The minimum atomic E-state index is -0.335. The number of H-pyrrole nitrogens is 3. The smallest absolute Gasteiger partial charge is 0.295 e. The molecule has 3 N–H and O–H groups in total. The molecule has 1 aliphatic rings. The lowest BCUT2D eigenvalue weighted by molar-refractivity contribution is -0.382. The predicted octanol–water partition coefficient (Wildman–Crippen LogP) is 9.61. The van der Waals surface area contributed by atoms with E-state index >= 15 is 0 Å². The molecule has 0 atom stereocenters. The molecule has 0 fully saturated rings. The molecule has 0 saturated carbocycles. The number of fused-ring (bicyclic) bond motifs is 9. The average molecular weight is 572 g/mol. The molecule has 0 radical (unpaired) electrons. The number of hydrogen-bond acceptors (Lipinski definition) is 3. The van der Waals surface area contributed by atoms with Crippen LogP contribution in [-0.2, 0) is 0 Å². The average Bonchev–Trinajstić information content (AvgIpc) is 3.88. The van der Waals surface area contributed by atoms with E-state index in [0.717, 1.165) is 55.6 Å². The largest absolute Gasteiger partial charge is 0.354 e. The number of rotatable bonds is 4. The summed E-state index contributed by atoms with van der Waals surface area (Å²) in [6.07, 6.45) is 3.88. The molecule has 210 valence electrons. The van der Waals surface area contributed by atoms with Crippen molar-refractivity contribution in [3.05, 3.63) is 143 Å². The first-order valence-corrected chi connectivity index (χ1v) is 14.3. The van der Waals surface area contributed by atoms with Crippen LogP contribution in [0.15, 0.2) is 121 Å². The van der Waals surface area contributed by atoms with Crippen molar-refractivity contribution in [2.45, 2.75) is 0 Å². The summed E-state index contributed by atoms with van der Waals surface area (Å²) in [6.45, 7) is 0. The van der Waals surface area contributed by atoms with E-state index in [9.17, 15) is 10.1 Å². The number of hydrogen-bond donors (Lipinski definition) is 3. The second-order valence-electron chi connectivity index (χ2n) is 10.7. The highest BCUT2D eigenvalue weighted by atomic mass is 16.6. The zero-order chi connectivity index (χ0) is 29.6. The highest BCUT2D eigenvalue weighted by molar-refractivity contribution is 6.02. The van der Waals surface area contributed by atoms with Gasteiger partial charge in [-0.2, -0.15) is 0 Å². The Bertz CT molecular complexity index is 2350. The number of aromatic nitrogens is 4. The Morgan fingerprint density at radius 2 is 0.955 bits per heavy atom. The van der Waals surface area contributed by atoms with Gasteiger partial charge in [-0.15, -0.1) is 0 Å². The Morgan fingerprint density at radius 3 is 1.50 bits per heavy atom. The highest BCUT2D eigenvalue weighted by Crippen LogP contribution is 2.38. The summed E-state index contributed by atoms with van der Waals surface area (Å²) in [7, 11) is 0. The van der Waals surface area contributed by atoms with E-state index in [1.807, 2.05) is 91.0 Å². The van der Waals surface area contributed by atoms with Gasteiger partial charge in [-0.1, -0.05) is 91.0 Å². The van der Waals surface area contributed by atoms with E-state index in [4.69, 9.17) is 4.98 Å². The first kappa shape index (κ1) is 25.5. The van der Waals surface area contributed by atoms with E-state index in [2.05, 4.69) is 51.4 Å². The first-order valence-electron chi connectivity index (χ1n) is 14.3. The molecule has 4 aromatic heterocycles. The zero-order valence-corrected chi connectivity index (χ0v) is 23.4. The molecule has 8 rings (SSSR count). The van der Waals surface area contributed by atoms with Crippen molar-refractivity contribution in [1.29, 1.82) is 0 Å². The minimum Gasteiger partial charge on any atom is -0.354 e. The lowest BCUT2D eigenvalue weighted by Gasteiger charge is -2.05. The number of nitrogens with zero attached hydrogens (tertiary/aromatic N) is 2. The van der Waals surface area contributed by atoms with Crippen LogP contribution in [0.5, 0.6) is 0 Å². The fourth-order valence-corrected chi connectivity index (χ4v) is 6.09. The summed E-state index contributed by atoms with van der Waals surface area (Å²) in [4.78, 5) is 27.9. The van der Waals surface area contributed by atoms with Crippen molar-refractivity contribution in [2.24, 2.45) is 0 Å². The van der Waals surface area contributed by atoms with Crippen molar-refractivity contribution < 1.29 is 4.92 Å². The lowest BCUT2D eigenvalue weighted by Crippen LogP contribution is -1.88. The van der Waals surface area contributed by atoms with Gasteiger partial charge < -0.3 is 15.0 Å². The Hall–Kier alpha value is -6.21. The van der Waals surface area contributed by atoms with Gasteiger partial charge in [-0.3, -0.25) is 10.1 Å². The van der Waals surface area contributed by atoms with Crippen LogP contribution in [0.3, 0.4) is 0 Å². The third-order valence-electron chi connectivity index (χ3n) is 8.05. The van der Waals surface area contributed by atoms with Crippen molar-refractivity contribution in [3.8, 4) is 33.4 Å². The number of nitro groups is 1. The van der Waals surface area contributed by atoms with Gasteiger partial charge in [-0.05, 0) is 53.1 Å². The van der Waals surface area contributed by atoms with E-state index in [1.54, 1.807) is 6.07 Å². The number of aromatic amines is 3. The fraction of sp³-hybridized carbons (Fsp3) is 0. The molecule has 0 amide bonds. The van der Waals surface area contributed by atoms with E-state index < -0.39 is 0 Å². The summed E-state index contributed by atoms with van der Waals surface area (Å²) in [6, 6.07) is 39.9. The maximum absolute atomic E-state index is 12.5. The molecule has 7 aromatic rings. The second kappa shape index (κ2) is 10.3. The van der Waals surface area contributed by atoms with Crippen molar-refractivity contribution in [3.63, 3.8) is 0 Å². The third-order valence-corrected chi connectivity index (χ3v) is 8.05. The van der Waals surface area contributed by atoms with Crippen LogP contribution in [0.25, 0.3) is 78.6 Å². The maximum atomic E-state index is 12.5. The molecular weight excluding hydrogens is 546 g/mol.